The zero-order chi connectivity index (χ0) is 23.2. The topological polar surface area (TPSA) is 93.5 Å². The van der Waals surface area contributed by atoms with Crippen LogP contribution in [0.4, 0.5) is 10.8 Å². The van der Waals surface area contributed by atoms with Crippen LogP contribution < -0.4 is 15.4 Å². The van der Waals surface area contributed by atoms with Crippen molar-refractivity contribution in [2.45, 2.75) is 17.1 Å². The molecule has 168 valence electrons. The molecule has 4 rings (SSSR count). The number of furan rings is 1. The molecule has 0 fully saturated rings. The van der Waals surface area contributed by atoms with Crippen molar-refractivity contribution in [2.75, 3.05) is 17.7 Å². The van der Waals surface area contributed by atoms with E-state index >= 15 is 0 Å². The third-order valence-corrected chi connectivity index (χ3v) is 6.47. The first-order valence-corrected chi connectivity index (χ1v) is 11.8. The number of thiazole rings is 1. The van der Waals surface area contributed by atoms with Crippen LogP contribution in [-0.2, 0) is 4.79 Å². The highest BCUT2D eigenvalue weighted by Gasteiger charge is 2.17. The molecule has 9 heteroatoms. The molecule has 4 aromatic rings. The Labute approximate surface area is 199 Å². The number of rotatable bonds is 8. The maximum absolute atomic E-state index is 12.7. The van der Waals surface area contributed by atoms with Gasteiger partial charge < -0.3 is 19.8 Å². The Morgan fingerprint density at radius 3 is 2.73 bits per heavy atom. The summed E-state index contributed by atoms with van der Waals surface area (Å²) in [5.74, 6) is 0.497. The Balaban J connectivity index is 1.36. The number of ether oxygens (including phenoxy) is 1. The first kappa shape index (κ1) is 22.6. The van der Waals surface area contributed by atoms with E-state index in [2.05, 4.69) is 15.6 Å². The van der Waals surface area contributed by atoms with E-state index in [1.807, 2.05) is 54.8 Å². The van der Waals surface area contributed by atoms with Crippen LogP contribution in [0.1, 0.15) is 17.5 Å². The van der Waals surface area contributed by atoms with E-state index < -0.39 is 0 Å². The predicted octanol–water partition coefficient (Wildman–Crippen LogP) is 5.78. The highest BCUT2D eigenvalue weighted by molar-refractivity contribution is 8.00. The fourth-order valence-electron chi connectivity index (χ4n) is 2.96. The molecule has 0 aliphatic heterocycles. The smallest absolute Gasteiger partial charge is 0.291 e. The number of benzene rings is 2. The van der Waals surface area contributed by atoms with Gasteiger partial charge in [-0.05, 0) is 49.4 Å². The second-order valence-electron chi connectivity index (χ2n) is 6.98. The second-order valence-corrected chi connectivity index (χ2v) is 9.25. The number of aromatic nitrogens is 1. The van der Waals surface area contributed by atoms with E-state index in [0.717, 1.165) is 21.9 Å². The van der Waals surface area contributed by atoms with Gasteiger partial charge in [-0.15, -0.1) is 23.1 Å². The van der Waals surface area contributed by atoms with Crippen molar-refractivity contribution < 1.29 is 18.7 Å². The molecular formula is C24H21N3O4S2. The fraction of sp³-hybridized carbons (Fsp3) is 0.125. The number of nitrogens with one attached hydrogen (secondary N) is 2. The Kier molecular flexibility index (Phi) is 7.11. The van der Waals surface area contributed by atoms with E-state index in [1.165, 1.54) is 29.4 Å². The summed E-state index contributed by atoms with van der Waals surface area (Å²) in [6.45, 7) is 1.82. The van der Waals surface area contributed by atoms with E-state index in [9.17, 15) is 9.59 Å². The Bertz CT molecular complexity index is 1250. The number of amides is 2. The Morgan fingerprint density at radius 2 is 1.94 bits per heavy atom. The van der Waals surface area contributed by atoms with Crippen molar-refractivity contribution in [3.63, 3.8) is 0 Å². The third-order valence-electron chi connectivity index (χ3n) is 4.62. The standard InChI is InChI=1S/C24H21N3O4S2/c1-15(33-19-9-4-7-17(13-19)25-23(29)21-10-5-11-31-21)22(28)27-24-26-20(14-32-24)16-6-3-8-18(12-16)30-2/h3-15H,1-2H3,(H,25,29)(H,26,27,28). The van der Waals surface area contributed by atoms with Gasteiger partial charge in [0.2, 0.25) is 5.91 Å². The Hall–Kier alpha value is -3.56. The van der Waals surface area contributed by atoms with Gasteiger partial charge in [0.25, 0.3) is 5.91 Å². The van der Waals surface area contributed by atoms with Crippen LogP contribution in [0.3, 0.4) is 0 Å². The van der Waals surface area contributed by atoms with Crippen LogP contribution in [0.5, 0.6) is 5.75 Å². The SMILES string of the molecule is COc1cccc(-c2csc(NC(=O)C(C)Sc3cccc(NC(=O)c4ccco4)c3)n2)c1. The molecule has 2 amide bonds. The lowest BCUT2D eigenvalue weighted by Crippen LogP contribution is -2.22. The van der Waals surface area contributed by atoms with Gasteiger partial charge >= 0.3 is 0 Å². The summed E-state index contributed by atoms with van der Waals surface area (Å²) < 4.78 is 10.4. The summed E-state index contributed by atoms with van der Waals surface area (Å²) in [4.78, 5) is 30.3. The maximum atomic E-state index is 12.7. The Morgan fingerprint density at radius 1 is 1.09 bits per heavy atom. The van der Waals surface area contributed by atoms with Crippen LogP contribution in [0.15, 0.2) is 81.6 Å². The van der Waals surface area contributed by atoms with Crippen LogP contribution in [-0.4, -0.2) is 29.2 Å². The summed E-state index contributed by atoms with van der Waals surface area (Å²) in [5.41, 5.74) is 2.31. The van der Waals surface area contributed by atoms with Crippen molar-refractivity contribution in [1.29, 1.82) is 0 Å². The number of hydrogen-bond donors (Lipinski definition) is 2. The lowest BCUT2D eigenvalue weighted by atomic mass is 10.2. The summed E-state index contributed by atoms with van der Waals surface area (Å²) >= 11 is 2.76. The molecular weight excluding hydrogens is 458 g/mol. The maximum Gasteiger partial charge on any atom is 0.291 e. The molecule has 0 saturated carbocycles. The van der Waals surface area contributed by atoms with Crippen molar-refractivity contribution in [3.05, 3.63) is 78.1 Å². The van der Waals surface area contributed by atoms with Gasteiger partial charge in [-0.3, -0.25) is 9.59 Å². The third kappa shape index (κ3) is 5.82. The van der Waals surface area contributed by atoms with Crippen molar-refractivity contribution in [1.82, 2.24) is 4.98 Å². The molecule has 2 N–H and O–H groups in total. The number of methoxy groups -OCH3 is 1. The van der Waals surface area contributed by atoms with Gasteiger partial charge in [-0.2, -0.15) is 0 Å². The molecule has 0 aliphatic rings. The molecule has 33 heavy (non-hydrogen) atoms. The second kappa shape index (κ2) is 10.4. The number of nitrogens with zero attached hydrogens (tertiary/aromatic N) is 1. The fourth-order valence-corrected chi connectivity index (χ4v) is 4.61. The molecule has 0 radical (unpaired) electrons. The molecule has 0 aliphatic carbocycles. The lowest BCUT2D eigenvalue weighted by molar-refractivity contribution is -0.115. The average molecular weight is 480 g/mol. The normalized spacial score (nSPS) is 11.6. The van der Waals surface area contributed by atoms with E-state index in [0.29, 0.717) is 10.8 Å². The minimum atomic E-state index is -0.370. The number of carbonyl (C=O) groups excluding carboxylic acids is 2. The van der Waals surface area contributed by atoms with Crippen LogP contribution in [0.2, 0.25) is 0 Å². The zero-order valence-corrected chi connectivity index (χ0v) is 19.5. The van der Waals surface area contributed by atoms with E-state index in [-0.39, 0.29) is 22.8 Å². The van der Waals surface area contributed by atoms with Crippen LogP contribution in [0, 0.1) is 0 Å². The molecule has 2 aromatic carbocycles. The highest BCUT2D eigenvalue weighted by Crippen LogP contribution is 2.30. The van der Waals surface area contributed by atoms with Crippen molar-refractivity contribution >= 4 is 45.7 Å². The van der Waals surface area contributed by atoms with Crippen LogP contribution >= 0.6 is 23.1 Å². The first-order chi connectivity index (χ1) is 16.0. The highest BCUT2D eigenvalue weighted by atomic mass is 32.2. The van der Waals surface area contributed by atoms with Crippen molar-refractivity contribution in [3.8, 4) is 17.0 Å². The molecule has 1 atom stereocenters. The number of anilines is 2. The van der Waals surface area contributed by atoms with E-state index in [1.54, 1.807) is 25.3 Å². The molecule has 2 aromatic heterocycles. The quantitative estimate of drug-likeness (QED) is 0.311. The monoisotopic (exact) mass is 479 g/mol. The van der Waals surface area contributed by atoms with Gasteiger partial charge in [0.15, 0.2) is 10.9 Å². The van der Waals surface area contributed by atoms with Crippen molar-refractivity contribution in [2.24, 2.45) is 0 Å². The molecule has 7 nitrogen and oxygen atoms in total. The lowest BCUT2D eigenvalue weighted by Gasteiger charge is -2.11. The molecule has 2 heterocycles. The summed E-state index contributed by atoms with van der Waals surface area (Å²) in [5, 5.41) is 7.73. The van der Waals surface area contributed by atoms with E-state index in [4.69, 9.17) is 9.15 Å². The average Bonchev–Trinajstić information content (AvgIpc) is 3.52. The van der Waals surface area contributed by atoms with Gasteiger partial charge in [0, 0.05) is 21.5 Å². The van der Waals surface area contributed by atoms with Crippen LogP contribution in [0.25, 0.3) is 11.3 Å². The minimum absolute atomic E-state index is 0.156. The summed E-state index contributed by atoms with van der Waals surface area (Å²) in [6, 6.07) is 18.2. The minimum Gasteiger partial charge on any atom is -0.497 e. The largest absolute Gasteiger partial charge is 0.497 e. The summed E-state index contributed by atoms with van der Waals surface area (Å²) in [6.07, 6.45) is 1.45. The van der Waals surface area contributed by atoms with Gasteiger partial charge in [-0.1, -0.05) is 18.2 Å². The first-order valence-electron chi connectivity index (χ1n) is 10.0. The molecule has 0 spiro atoms. The summed E-state index contributed by atoms with van der Waals surface area (Å²) in [7, 11) is 1.62. The number of carbonyl (C=O) groups is 2. The molecule has 0 saturated heterocycles. The van der Waals surface area contributed by atoms with Gasteiger partial charge in [0.1, 0.15) is 5.75 Å². The van der Waals surface area contributed by atoms with Gasteiger partial charge in [-0.25, -0.2) is 4.98 Å². The zero-order valence-electron chi connectivity index (χ0n) is 17.9. The number of hydrogen-bond acceptors (Lipinski definition) is 7. The predicted molar refractivity (Wildman–Crippen MR) is 131 cm³/mol. The molecule has 1 unspecified atom stereocenters. The number of thioether (sulfide) groups is 1. The van der Waals surface area contributed by atoms with Gasteiger partial charge in [0.05, 0.1) is 24.3 Å². The molecule has 0 bridgehead atoms.